The van der Waals surface area contributed by atoms with E-state index in [-0.39, 0.29) is 17.1 Å². The maximum atomic E-state index is 12.8. The Kier molecular flexibility index (Phi) is 4.57. The quantitative estimate of drug-likeness (QED) is 0.498. The third-order valence-electron chi connectivity index (χ3n) is 4.29. The Morgan fingerprint density at radius 3 is 2.57 bits per heavy atom. The lowest BCUT2D eigenvalue weighted by atomic mass is 10.1. The Morgan fingerprint density at radius 2 is 1.79 bits per heavy atom. The number of anilines is 1. The molecule has 0 radical (unpaired) electrons. The highest BCUT2D eigenvalue weighted by Crippen LogP contribution is 2.34. The van der Waals surface area contributed by atoms with Gasteiger partial charge >= 0.3 is 6.61 Å². The lowest BCUT2D eigenvalue weighted by Gasteiger charge is -2.14. The van der Waals surface area contributed by atoms with Crippen LogP contribution in [0.5, 0.6) is 11.5 Å². The number of carbonyl (C=O) groups is 1. The van der Waals surface area contributed by atoms with Crippen LogP contribution >= 0.6 is 0 Å². The van der Waals surface area contributed by atoms with Crippen molar-refractivity contribution in [2.75, 3.05) is 12.4 Å². The predicted octanol–water partition coefficient (Wildman–Crippen LogP) is 5.45. The number of carbonyl (C=O) groups excluding carboxylic acids is 1. The minimum absolute atomic E-state index is 0.0423. The molecule has 0 saturated heterocycles. The van der Waals surface area contributed by atoms with Crippen LogP contribution in [0.25, 0.3) is 21.9 Å². The number of ether oxygens (including phenoxy) is 2. The molecule has 1 aromatic heterocycles. The topological polar surface area (TPSA) is 60.7 Å². The summed E-state index contributed by atoms with van der Waals surface area (Å²) in [5.41, 5.74) is 1.74. The number of alkyl halides is 2. The molecule has 4 rings (SSSR count). The van der Waals surface area contributed by atoms with Crippen LogP contribution in [0.2, 0.25) is 0 Å². The number of amides is 1. The van der Waals surface area contributed by atoms with E-state index in [4.69, 9.17) is 9.15 Å². The van der Waals surface area contributed by atoms with Crippen molar-refractivity contribution in [2.24, 2.45) is 0 Å². The Morgan fingerprint density at radius 1 is 1.00 bits per heavy atom. The summed E-state index contributed by atoms with van der Waals surface area (Å²) in [7, 11) is 1.31. The second-order valence-corrected chi connectivity index (χ2v) is 5.98. The summed E-state index contributed by atoms with van der Waals surface area (Å²) in [6.45, 7) is -3.09. The van der Waals surface area contributed by atoms with Gasteiger partial charge in [-0.25, -0.2) is 0 Å². The predicted molar refractivity (Wildman–Crippen MR) is 101 cm³/mol. The molecule has 142 valence electrons. The number of fused-ring (bicyclic) bond motifs is 3. The van der Waals surface area contributed by atoms with E-state index in [1.54, 1.807) is 12.1 Å². The fourth-order valence-electron chi connectivity index (χ4n) is 3.07. The number of rotatable bonds is 5. The molecule has 0 unspecified atom stereocenters. The van der Waals surface area contributed by atoms with Gasteiger partial charge in [-0.15, -0.1) is 0 Å². The smallest absolute Gasteiger partial charge is 0.387 e. The number of halogens is 2. The molecule has 7 heteroatoms. The summed E-state index contributed by atoms with van der Waals surface area (Å²) in [5, 5.41) is 4.56. The van der Waals surface area contributed by atoms with Crippen molar-refractivity contribution in [3.8, 4) is 11.5 Å². The van der Waals surface area contributed by atoms with Crippen molar-refractivity contribution in [1.82, 2.24) is 0 Å². The summed E-state index contributed by atoms with van der Waals surface area (Å²) in [4.78, 5) is 12.7. The van der Waals surface area contributed by atoms with Gasteiger partial charge in [-0.3, -0.25) is 4.79 Å². The molecule has 0 saturated carbocycles. The van der Waals surface area contributed by atoms with Crippen molar-refractivity contribution >= 4 is 33.5 Å². The molecular weight excluding hydrogens is 368 g/mol. The number of furan rings is 1. The molecule has 0 atom stereocenters. The number of para-hydroxylation sites is 2. The fraction of sp³-hybridized carbons (Fsp3) is 0.0952. The third kappa shape index (κ3) is 3.22. The average Bonchev–Trinajstić information content (AvgIpc) is 3.05. The van der Waals surface area contributed by atoms with Crippen molar-refractivity contribution in [3.05, 3.63) is 66.2 Å². The summed E-state index contributed by atoms with van der Waals surface area (Å²) in [6.07, 6.45) is 0. The van der Waals surface area contributed by atoms with E-state index >= 15 is 0 Å². The van der Waals surface area contributed by atoms with Gasteiger partial charge in [-0.1, -0.05) is 24.3 Å². The van der Waals surface area contributed by atoms with E-state index in [0.29, 0.717) is 11.3 Å². The van der Waals surface area contributed by atoms with Gasteiger partial charge in [0.15, 0.2) is 11.5 Å². The molecule has 5 nitrogen and oxygen atoms in total. The van der Waals surface area contributed by atoms with Crippen LogP contribution in [-0.2, 0) is 0 Å². The summed E-state index contributed by atoms with van der Waals surface area (Å²) in [6, 6.07) is 17.2. The molecule has 0 aliphatic heterocycles. The molecule has 4 aromatic rings. The van der Waals surface area contributed by atoms with Gasteiger partial charge in [0.25, 0.3) is 5.91 Å². The standard InChI is InChI=1S/C21H15F2NO4/c1-26-17-8-4-6-15(19(17)28-21(22)23)20(25)24-12-9-10-14-13-5-2-3-7-16(13)27-18(14)11-12/h2-11,21H,1H3,(H,24,25). The van der Waals surface area contributed by atoms with Gasteiger partial charge in [0.1, 0.15) is 11.2 Å². The van der Waals surface area contributed by atoms with Gasteiger partial charge in [0, 0.05) is 22.5 Å². The Balaban J connectivity index is 1.67. The summed E-state index contributed by atoms with van der Waals surface area (Å²) < 4.78 is 40.8. The number of benzene rings is 3. The maximum absolute atomic E-state index is 12.8. The molecule has 0 bridgehead atoms. The number of hydrogen-bond donors (Lipinski definition) is 1. The zero-order valence-electron chi connectivity index (χ0n) is 14.7. The first-order chi connectivity index (χ1) is 13.6. The first kappa shape index (κ1) is 17.8. The molecule has 3 aromatic carbocycles. The lowest BCUT2D eigenvalue weighted by Crippen LogP contribution is -2.15. The van der Waals surface area contributed by atoms with Crippen LogP contribution in [0.4, 0.5) is 14.5 Å². The molecule has 28 heavy (non-hydrogen) atoms. The van der Waals surface area contributed by atoms with E-state index in [2.05, 4.69) is 10.1 Å². The summed E-state index contributed by atoms with van der Waals surface area (Å²) in [5.74, 6) is -0.881. The largest absolute Gasteiger partial charge is 0.493 e. The van der Waals surface area contributed by atoms with Gasteiger partial charge in [-0.2, -0.15) is 8.78 Å². The third-order valence-corrected chi connectivity index (χ3v) is 4.29. The SMILES string of the molecule is COc1cccc(C(=O)Nc2ccc3c(c2)oc2ccccc23)c1OC(F)F. The van der Waals surface area contributed by atoms with E-state index in [1.165, 1.54) is 25.3 Å². The van der Waals surface area contributed by atoms with Crippen LogP contribution in [-0.4, -0.2) is 19.6 Å². The average molecular weight is 383 g/mol. The molecule has 1 heterocycles. The minimum atomic E-state index is -3.09. The highest BCUT2D eigenvalue weighted by atomic mass is 19.3. The zero-order chi connectivity index (χ0) is 19.7. The molecule has 0 aliphatic rings. The Bertz CT molecular complexity index is 1170. The molecule has 1 amide bonds. The lowest BCUT2D eigenvalue weighted by molar-refractivity contribution is -0.0515. The van der Waals surface area contributed by atoms with Crippen LogP contribution in [0.3, 0.4) is 0 Å². The summed E-state index contributed by atoms with van der Waals surface area (Å²) >= 11 is 0. The second kappa shape index (κ2) is 7.19. The van der Waals surface area contributed by atoms with Gasteiger partial charge < -0.3 is 19.2 Å². The first-order valence-electron chi connectivity index (χ1n) is 8.41. The molecular formula is C21H15F2NO4. The van der Waals surface area contributed by atoms with E-state index in [9.17, 15) is 13.6 Å². The monoisotopic (exact) mass is 383 g/mol. The van der Waals surface area contributed by atoms with Crippen molar-refractivity contribution < 1.29 is 27.5 Å². The first-order valence-corrected chi connectivity index (χ1v) is 8.41. The number of hydrogen-bond acceptors (Lipinski definition) is 4. The van der Waals surface area contributed by atoms with E-state index in [0.717, 1.165) is 16.4 Å². The van der Waals surface area contributed by atoms with Crippen LogP contribution < -0.4 is 14.8 Å². The minimum Gasteiger partial charge on any atom is -0.493 e. The van der Waals surface area contributed by atoms with E-state index < -0.39 is 12.5 Å². The van der Waals surface area contributed by atoms with Crippen molar-refractivity contribution in [2.45, 2.75) is 6.61 Å². The maximum Gasteiger partial charge on any atom is 0.387 e. The number of methoxy groups -OCH3 is 1. The highest BCUT2D eigenvalue weighted by molar-refractivity contribution is 6.09. The van der Waals surface area contributed by atoms with E-state index in [1.807, 2.05) is 30.3 Å². The molecule has 0 spiro atoms. The molecule has 0 aliphatic carbocycles. The van der Waals surface area contributed by atoms with Gasteiger partial charge in [0.05, 0.1) is 12.7 Å². The van der Waals surface area contributed by atoms with Crippen LogP contribution in [0, 0.1) is 0 Å². The van der Waals surface area contributed by atoms with Crippen LogP contribution in [0.15, 0.2) is 65.1 Å². The molecule has 1 N–H and O–H groups in total. The highest BCUT2D eigenvalue weighted by Gasteiger charge is 2.20. The van der Waals surface area contributed by atoms with Crippen molar-refractivity contribution in [3.63, 3.8) is 0 Å². The Labute approximate surface area is 158 Å². The zero-order valence-corrected chi connectivity index (χ0v) is 14.7. The molecule has 0 fully saturated rings. The van der Waals surface area contributed by atoms with Crippen LogP contribution in [0.1, 0.15) is 10.4 Å². The van der Waals surface area contributed by atoms with Gasteiger partial charge in [0.2, 0.25) is 0 Å². The van der Waals surface area contributed by atoms with Gasteiger partial charge in [-0.05, 0) is 30.3 Å². The van der Waals surface area contributed by atoms with Crippen molar-refractivity contribution in [1.29, 1.82) is 0 Å². The second-order valence-electron chi connectivity index (χ2n) is 5.98. The number of nitrogens with one attached hydrogen (secondary N) is 1. The Hall–Kier alpha value is -3.61. The normalized spacial score (nSPS) is 11.1. The fourth-order valence-corrected chi connectivity index (χ4v) is 3.07.